The van der Waals surface area contributed by atoms with Crippen molar-refractivity contribution in [3.63, 3.8) is 0 Å². The molecule has 5 nitrogen and oxygen atoms in total. The van der Waals surface area contributed by atoms with Gasteiger partial charge in [-0.05, 0) is 47.4 Å². The molecule has 0 bridgehead atoms. The van der Waals surface area contributed by atoms with Gasteiger partial charge in [0.1, 0.15) is 0 Å². The van der Waals surface area contributed by atoms with Crippen LogP contribution in [0.1, 0.15) is 30.1 Å². The van der Waals surface area contributed by atoms with Crippen LogP contribution >= 0.6 is 15.9 Å². The number of likely N-dealkylation sites (N-methyl/N-ethyl adjacent to an activating group) is 1. The lowest BCUT2D eigenvalue weighted by atomic mass is 9.85. The molecule has 0 radical (unpaired) electrons. The summed E-state index contributed by atoms with van der Waals surface area (Å²) >= 11 is 3.37. The number of rotatable bonds is 6. The van der Waals surface area contributed by atoms with E-state index in [9.17, 15) is 9.59 Å². The van der Waals surface area contributed by atoms with Crippen LogP contribution < -0.4 is 5.32 Å². The predicted octanol–water partition coefficient (Wildman–Crippen LogP) is 2.12. The van der Waals surface area contributed by atoms with Crippen LogP contribution in [0, 0.1) is 0 Å². The second-order valence-corrected chi connectivity index (χ2v) is 6.09. The zero-order valence-corrected chi connectivity index (χ0v) is 13.5. The highest BCUT2D eigenvalue weighted by Crippen LogP contribution is 2.26. The average molecular weight is 355 g/mol. The molecule has 21 heavy (non-hydrogen) atoms. The molecule has 1 aliphatic rings. The highest BCUT2D eigenvalue weighted by molar-refractivity contribution is 9.10. The van der Waals surface area contributed by atoms with E-state index in [-0.39, 0.29) is 24.5 Å². The van der Waals surface area contributed by atoms with Crippen LogP contribution in [0.25, 0.3) is 0 Å². The Balaban J connectivity index is 1.84. The van der Waals surface area contributed by atoms with Crippen molar-refractivity contribution in [1.82, 2.24) is 10.2 Å². The maximum absolute atomic E-state index is 12.1. The van der Waals surface area contributed by atoms with Gasteiger partial charge in [0.15, 0.2) is 0 Å². The maximum atomic E-state index is 12.1. The maximum Gasteiger partial charge on any atom is 0.317 e. The standard InChI is InChI=1S/C15H19BrN2O3/c1-2-18(9-14(19)20)11-7-10(8-11)17-15(21)12-5-3-4-6-13(12)16/h3-6,10-11H,2,7-9H2,1H3,(H,17,21)(H,19,20). The molecule has 0 aromatic heterocycles. The van der Waals surface area contributed by atoms with E-state index in [1.165, 1.54) is 0 Å². The summed E-state index contributed by atoms with van der Waals surface area (Å²) in [5, 5.41) is 11.9. The lowest BCUT2D eigenvalue weighted by molar-refractivity contribution is -0.139. The summed E-state index contributed by atoms with van der Waals surface area (Å²) in [5.41, 5.74) is 0.624. The fraction of sp³-hybridized carbons (Fsp3) is 0.467. The number of carboxylic acid groups (broad SMARTS) is 1. The Kier molecular flexibility index (Phi) is 5.36. The largest absolute Gasteiger partial charge is 0.480 e. The number of carbonyl (C=O) groups is 2. The van der Waals surface area contributed by atoms with E-state index in [0.717, 1.165) is 17.3 Å². The Bertz CT molecular complexity index is 529. The van der Waals surface area contributed by atoms with E-state index in [1.54, 1.807) is 6.07 Å². The highest BCUT2D eigenvalue weighted by atomic mass is 79.9. The first kappa shape index (κ1) is 16.0. The van der Waals surface area contributed by atoms with Gasteiger partial charge in [0, 0.05) is 16.6 Å². The molecule has 2 rings (SSSR count). The molecule has 2 N–H and O–H groups in total. The third kappa shape index (κ3) is 4.04. The lowest BCUT2D eigenvalue weighted by Gasteiger charge is -2.42. The molecular weight excluding hydrogens is 336 g/mol. The van der Waals surface area contributed by atoms with Crippen LogP contribution in [0.2, 0.25) is 0 Å². The van der Waals surface area contributed by atoms with Crippen molar-refractivity contribution < 1.29 is 14.7 Å². The number of hydrogen-bond donors (Lipinski definition) is 2. The number of hydrogen-bond acceptors (Lipinski definition) is 3. The summed E-state index contributed by atoms with van der Waals surface area (Å²) in [6.45, 7) is 2.73. The number of nitrogens with one attached hydrogen (secondary N) is 1. The fourth-order valence-electron chi connectivity index (χ4n) is 2.59. The molecule has 0 saturated heterocycles. The molecule has 0 unspecified atom stereocenters. The minimum atomic E-state index is -0.808. The molecule has 1 aliphatic carbocycles. The zero-order chi connectivity index (χ0) is 15.4. The van der Waals surface area contributed by atoms with Crippen molar-refractivity contribution in [3.8, 4) is 0 Å². The Labute approximate surface area is 132 Å². The number of benzene rings is 1. The Hall–Kier alpha value is -1.40. The van der Waals surface area contributed by atoms with Gasteiger partial charge in [0.25, 0.3) is 5.91 Å². The topological polar surface area (TPSA) is 69.6 Å². The lowest BCUT2D eigenvalue weighted by Crippen LogP contribution is -2.54. The minimum Gasteiger partial charge on any atom is -0.480 e. The quantitative estimate of drug-likeness (QED) is 0.820. The molecule has 1 amide bonds. The van der Waals surface area contributed by atoms with Crippen molar-refractivity contribution >= 4 is 27.8 Å². The van der Waals surface area contributed by atoms with Crippen LogP contribution in [0.4, 0.5) is 0 Å². The number of amides is 1. The zero-order valence-electron chi connectivity index (χ0n) is 11.9. The summed E-state index contributed by atoms with van der Waals surface area (Å²) in [4.78, 5) is 24.9. The molecule has 6 heteroatoms. The van der Waals surface area contributed by atoms with Crippen molar-refractivity contribution in [2.75, 3.05) is 13.1 Å². The van der Waals surface area contributed by atoms with E-state index in [1.807, 2.05) is 30.0 Å². The first-order valence-corrected chi connectivity index (χ1v) is 7.81. The number of carboxylic acids is 1. The smallest absolute Gasteiger partial charge is 0.317 e. The second kappa shape index (κ2) is 7.04. The highest BCUT2D eigenvalue weighted by Gasteiger charge is 2.34. The summed E-state index contributed by atoms with van der Waals surface area (Å²) in [6.07, 6.45) is 1.61. The van der Waals surface area contributed by atoms with Gasteiger partial charge in [-0.3, -0.25) is 14.5 Å². The van der Waals surface area contributed by atoms with E-state index in [2.05, 4.69) is 21.2 Å². The van der Waals surface area contributed by atoms with Gasteiger partial charge < -0.3 is 10.4 Å². The fourth-order valence-corrected chi connectivity index (χ4v) is 3.05. The van der Waals surface area contributed by atoms with Gasteiger partial charge in [0.2, 0.25) is 0 Å². The Morgan fingerprint density at radius 3 is 2.62 bits per heavy atom. The summed E-state index contributed by atoms with van der Waals surface area (Å²) in [7, 11) is 0. The number of aliphatic carboxylic acids is 1. The molecule has 114 valence electrons. The molecular formula is C15H19BrN2O3. The van der Waals surface area contributed by atoms with Crippen molar-refractivity contribution in [3.05, 3.63) is 34.3 Å². The van der Waals surface area contributed by atoms with Crippen LogP contribution in [0.15, 0.2) is 28.7 Å². The normalized spacial score (nSPS) is 20.9. The van der Waals surface area contributed by atoms with Crippen LogP contribution in [-0.2, 0) is 4.79 Å². The molecule has 0 aliphatic heterocycles. The second-order valence-electron chi connectivity index (χ2n) is 5.23. The number of nitrogens with zero attached hydrogens (tertiary/aromatic N) is 1. The Morgan fingerprint density at radius 2 is 2.05 bits per heavy atom. The Morgan fingerprint density at radius 1 is 1.38 bits per heavy atom. The molecule has 0 spiro atoms. The van der Waals surface area contributed by atoms with E-state index in [0.29, 0.717) is 12.1 Å². The van der Waals surface area contributed by atoms with Crippen LogP contribution in [0.5, 0.6) is 0 Å². The van der Waals surface area contributed by atoms with Crippen LogP contribution in [-0.4, -0.2) is 47.1 Å². The molecule has 1 aromatic rings. The van der Waals surface area contributed by atoms with E-state index >= 15 is 0 Å². The molecule has 1 fully saturated rings. The summed E-state index contributed by atoms with van der Waals surface area (Å²) < 4.78 is 0.777. The van der Waals surface area contributed by atoms with Crippen molar-refractivity contribution in [1.29, 1.82) is 0 Å². The molecule has 1 saturated carbocycles. The first-order chi connectivity index (χ1) is 10.0. The monoisotopic (exact) mass is 354 g/mol. The third-order valence-corrected chi connectivity index (χ3v) is 4.52. The van der Waals surface area contributed by atoms with Gasteiger partial charge in [-0.15, -0.1) is 0 Å². The van der Waals surface area contributed by atoms with Gasteiger partial charge in [-0.1, -0.05) is 19.1 Å². The van der Waals surface area contributed by atoms with E-state index in [4.69, 9.17) is 5.11 Å². The molecule has 1 aromatic carbocycles. The molecule has 0 atom stereocenters. The van der Waals surface area contributed by atoms with Crippen LogP contribution in [0.3, 0.4) is 0 Å². The summed E-state index contributed by atoms with van der Waals surface area (Å²) in [6, 6.07) is 7.68. The summed E-state index contributed by atoms with van der Waals surface area (Å²) in [5.74, 6) is -0.898. The van der Waals surface area contributed by atoms with Gasteiger partial charge in [-0.2, -0.15) is 0 Å². The SMILES string of the molecule is CCN(CC(=O)O)C1CC(NC(=O)c2ccccc2Br)C1. The number of carbonyl (C=O) groups excluding carboxylic acids is 1. The first-order valence-electron chi connectivity index (χ1n) is 7.02. The average Bonchev–Trinajstić information content (AvgIpc) is 2.40. The van der Waals surface area contributed by atoms with Gasteiger partial charge >= 0.3 is 5.97 Å². The van der Waals surface area contributed by atoms with Gasteiger partial charge in [0.05, 0.1) is 12.1 Å². The van der Waals surface area contributed by atoms with Crippen molar-refractivity contribution in [2.45, 2.75) is 31.8 Å². The minimum absolute atomic E-state index is 0.0616. The van der Waals surface area contributed by atoms with E-state index < -0.39 is 5.97 Å². The third-order valence-electron chi connectivity index (χ3n) is 3.83. The van der Waals surface area contributed by atoms with Gasteiger partial charge in [-0.25, -0.2) is 0 Å². The molecule has 0 heterocycles. The predicted molar refractivity (Wildman–Crippen MR) is 83.3 cm³/mol. The number of halogens is 1. The van der Waals surface area contributed by atoms with Crippen molar-refractivity contribution in [2.24, 2.45) is 0 Å².